The van der Waals surface area contributed by atoms with E-state index in [-0.39, 0.29) is 23.2 Å². The molecule has 0 spiro atoms. The Morgan fingerprint density at radius 3 is 2.50 bits per heavy atom. The lowest BCUT2D eigenvalue weighted by Gasteiger charge is -1.98. The minimum Gasteiger partial charge on any atom is -0.481 e. The van der Waals surface area contributed by atoms with Gasteiger partial charge in [-0.05, 0) is 18.6 Å². The number of carbonyl (C=O) groups is 1. The van der Waals surface area contributed by atoms with E-state index >= 15 is 0 Å². The van der Waals surface area contributed by atoms with Crippen molar-refractivity contribution in [3.05, 3.63) is 35.5 Å². The molecule has 1 aliphatic rings. The van der Waals surface area contributed by atoms with Crippen LogP contribution in [0.3, 0.4) is 0 Å². The Morgan fingerprint density at radius 2 is 1.95 bits per heavy atom. The van der Waals surface area contributed by atoms with Crippen LogP contribution in [0.15, 0.2) is 16.7 Å². The number of nitrogens with zero attached hydrogens (tertiary/aromatic N) is 2. The topological polar surface area (TPSA) is 76.2 Å². The van der Waals surface area contributed by atoms with E-state index in [1.54, 1.807) is 0 Å². The van der Waals surface area contributed by atoms with Gasteiger partial charge in [-0.1, -0.05) is 5.16 Å². The van der Waals surface area contributed by atoms with Crippen LogP contribution in [0, 0.1) is 23.4 Å². The molecule has 0 radical (unpaired) electrons. The van der Waals surface area contributed by atoms with Gasteiger partial charge < -0.3 is 9.63 Å². The van der Waals surface area contributed by atoms with Crippen LogP contribution in [-0.2, 0) is 4.79 Å². The Labute approximate surface area is 110 Å². The molecule has 0 bridgehead atoms. The Bertz CT molecular complexity index is 678. The number of carboxylic acids is 1. The number of aromatic nitrogens is 2. The number of hydrogen-bond acceptors (Lipinski definition) is 4. The minimum absolute atomic E-state index is 0.0797. The lowest BCUT2D eigenvalue weighted by molar-refractivity contribution is -0.138. The fourth-order valence-electron chi connectivity index (χ4n) is 1.93. The molecule has 0 aliphatic heterocycles. The van der Waals surface area contributed by atoms with Crippen molar-refractivity contribution < 1.29 is 27.6 Å². The average Bonchev–Trinajstić information content (AvgIpc) is 3.06. The van der Waals surface area contributed by atoms with Gasteiger partial charge in [-0.2, -0.15) is 4.98 Å². The third kappa shape index (κ3) is 2.02. The first kappa shape index (κ1) is 12.6. The summed E-state index contributed by atoms with van der Waals surface area (Å²) in [6.07, 6.45) is 0.378. The number of aliphatic carboxylic acids is 1. The molecule has 1 aliphatic carbocycles. The molecule has 1 aromatic heterocycles. The normalized spacial score (nSPS) is 20.9. The van der Waals surface area contributed by atoms with Gasteiger partial charge in [0.15, 0.2) is 17.5 Å². The monoisotopic (exact) mass is 284 g/mol. The molecule has 1 N–H and O–H groups in total. The first-order valence-corrected chi connectivity index (χ1v) is 5.68. The van der Waals surface area contributed by atoms with Gasteiger partial charge in [0.2, 0.25) is 11.7 Å². The Kier molecular flexibility index (Phi) is 2.73. The molecule has 5 nitrogen and oxygen atoms in total. The SMILES string of the molecule is O=C(O)C1CC1c1nc(-c2cc(F)c(F)c(F)c2)no1. The lowest BCUT2D eigenvalue weighted by Crippen LogP contribution is -1.99. The second-order valence-electron chi connectivity index (χ2n) is 4.50. The molecule has 3 rings (SSSR count). The van der Waals surface area contributed by atoms with Crippen molar-refractivity contribution in [3.8, 4) is 11.4 Å². The van der Waals surface area contributed by atoms with Gasteiger partial charge >= 0.3 is 5.97 Å². The molecule has 2 unspecified atom stereocenters. The molecule has 8 heteroatoms. The maximum Gasteiger partial charge on any atom is 0.307 e. The lowest BCUT2D eigenvalue weighted by atomic mass is 10.2. The van der Waals surface area contributed by atoms with Gasteiger partial charge in [-0.15, -0.1) is 0 Å². The van der Waals surface area contributed by atoms with Crippen LogP contribution >= 0.6 is 0 Å². The summed E-state index contributed by atoms with van der Waals surface area (Å²) in [5, 5.41) is 12.3. The van der Waals surface area contributed by atoms with Crippen molar-refractivity contribution in [2.45, 2.75) is 12.3 Å². The molecule has 0 amide bonds. The van der Waals surface area contributed by atoms with E-state index in [1.165, 1.54) is 0 Å². The average molecular weight is 284 g/mol. The summed E-state index contributed by atoms with van der Waals surface area (Å²) in [6, 6.07) is 1.49. The van der Waals surface area contributed by atoms with Crippen LogP contribution in [0.5, 0.6) is 0 Å². The van der Waals surface area contributed by atoms with Crippen LogP contribution in [0.4, 0.5) is 13.2 Å². The predicted octanol–water partition coefficient (Wildman–Crippen LogP) is 2.34. The van der Waals surface area contributed by atoms with E-state index in [0.717, 1.165) is 12.1 Å². The summed E-state index contributed by atoms with van der Waals surface area (Å²) in [6.45, 7) is 0. The summed E-state index contributed by atoms with van der Waals surface area (Å²) in [5.41, 5.74) is -0.0797. The highest BCUT2D eigenvalue weighted by molar-refractivity contribution is 5.74. The smallest absolute Gasteiger partial charge is 0.307 e. The van der Waals surface area contributed by atoms with E-state index in [4.69, 9.17) is 9.63 Å². The summed E-state index contributed by atoms with van der Waals surface area (Å²) in [4.78, 5) is 14.6. The van der Waals surface area contributed by atoms with Gasteiger partial charge in [0.25, 0.3) is 0 Å². The maximum atomic E-state index is 13.1. The predicted molar refractivity (Wildman–Crippen MR) is 58.1 cm³/mol. The Balaban J connectivity index is 1.89. The van der Waals surface area contributed by atoms with Gasteiger partial charge in [0, 0.05) is 5.56 Å². The highest BCUT2D eigenvalue weighted by atomic mass is 19.2. The van der Waals surface area contributed by atoms with Crippen molar-refractivity contribution in [2.24, 2.45) is 5.92 Å². The second-order valence-corrected chi connectivity index (χ2v) is 4.50. The van der Waals surface area contributed by atoms with Gasteiger partial charge in [0.05, 0.1) is 11.8 Å². The molecule has 1 heterocycles. The summed E-state index contributed by atoms with van der Waals surface area (Å²) >= 11 is 0. The molecule has 1 fully saturated rings. The zero-order valence-electron chi connectivity index (χ0n) is 9.81. The van der Waals surface area contributed by atoms with E-state index < -0.39 is 29.3 Å². The number of hydrogen-bond donors (Lipinski definition) is 1. The standard InChI is InChI=1S/C12H7F3N2O3/c13-7-1-4(2-8(14)9(7)15)10-16-11(20-17-10)5-3-6(5)12(18)19/h1-2,5-6H,3H2,(H,18,19). The van der Waals surface area contributed by atoms with Gasteiger partial charge in [-0.25, -0.2) is 13.2 Å². The van der Waals surface area contributed by atoms with Crippen LogP contribution in [-0.4, -0.2) is 21.2 Å². The fraction of sp³-hybridized carbons (Fsp3) is 0.250. The first-order valence-electron chi connectivity index (χ1n) is 5.68. The molecule has 104 valence electrons. The quantitative estimate of drug-likeness (QED) is 0.875. The van der Waals surface area contributed by atoms with Crippen molar-refractivity contribution in [3.63, 3.8) is 0 Å². The first-order chi connectivity index (χ1) is 9.47. The zero-order chi connectivity index (χ0) is 14.4. The van der Waals surface area contributed by atoms with E-state index in [0.29, 0.717) is 6.42 Å². The number of halogens is 3. The Morgan fingerprint density at radius 1 is 1.30 bits per heavy atom. The van der Waals surface area contributed by atoms with Crippen LogP contribution in [0.2, 0.25) is 0 Å². The second kappa shape index (κ2) is 4.32. The molecule has 20 heavy (non-hydrogen) atoms. The van der Waals surface area contributed by atoms with Crippen LogP contribution < -0.4 is 0 Å². The van der Waals surface area contributed by atoms with Crippen molar-refractivity contribution in [2.75, 3.05) is 0 Å². The molecule has 2 aromatic rings. The number of benzene rings is 1. The molecule has 1 aromatic carbocycles. The van der Waals surface area contributed by atoms with Gasteiger partial charge in [0.1, 0.15) is 0 Å². The third-order valence-electron chi connectivity index (χ3n) is 3.11. The molecule has 1 saturated carbocycles. The highest BCUT2D eigenvalue weighted by Crippen LogP contribution is 2.47. The summed E-state index contributed by atoms with van der Waals surface area (Å²) in [5.74, 6) is -6.25. The zero-order valence-corrected chi connectivity index (χ0v) is 9.81. The third-order valence-corrected chi connectivity index (χ3v) is 3.11. The summed E-state index contributed by atoms with van der Waals surface area (Å²) < 4.78 is 43.9. The van der Waals surface area contributed by atoms with Crippen molar-refractivity contribution in [1.82, 2.24) is 10.1 Å². The van der Waals surface area contributed by atoms with Crippen molar-refractivity contribution in [1.29, 1.82) is 0 Å². The van der Waals surface area contributed by atoms with Crippen LogP contribution in [0.25, 0.3) is 11.4 Å². The van der Waals surface area contributed by atoms with Crippen molar-refractivity contribution >= 4 is 5.97 Å². The van der Waals surface area contributed by atoms with Gasteiger partial charge in [-0.3, -0.25) is 4.79 Å². The maximum absolute atomic E-state index is 13.1. The Hall–Kier alpha value is -2.38. The highest BCUT2D eigenvalue weighted by Gasteiger charge is 2.48. The summed E-state index contributed by atoms with van der Waals surface area (Å²) in [7, 11) is 0. The van der Waals surface area contributed by atoms with E-state index in [1.807, 2.05) is 0 Å². The molecular weight excluding hydrogens is 277 g/mol. The largest absolute Gasteiger partial charge is 0.481 e. The molecule has 0 saturated heterocycles. The molecule has 2 atom stereocenters. The van der Waals surface area contributed by atoms with Crippen LogP contribution in [0.1, 0.15) is 18.2 Å². The number of carboxylic acid groups (broad SMARTS) is 1. The minimum atomic E-state index is -1.58. The van der Waals surface area contributed by atoms with E-state index in [2.05, 4.69) is 10.1 Å². The fourth-order valence-corrected chi connectivity index (χ4v) is 1.93. The van der Waals surface area contributed by atoms with E-state index in [9.17, 15) is 18.0 Å². The number of rotatable bonds is 3. The molecular formula is C12H7F3N2O3.